The van der Waals surface area contributed by atoms with Crippen molar-refractivity contribution in [3.8, 4) is 0 Å². The number of aromatic nitrogens is 6. The van der Waals surface area contributed by atoms with Gasteiger partial charge in [0.1, 0.15) is 12.2 Å². The van der Waals surface area contributed by atoms with Crippen molar-refractivity contribution in [1.82, 2.24) is 35.1 Å². The van der Waals surface area contributed by atoms with Gasteiger partial charge in [0.05, 0.1) is 18.7 Å². The van der Waals surface area contributed by atoms with Gasteiger partial charge in [-0.3, -0.25) is 14.3 Å². The summed E-state index contributed by atoms with van der Waals surface area (Å²) >= 11 is 0. The molecule has 124 valence electrons. The highest BCUT2D eigenvalue weighted by Gasteiger charge is 2.25. The number of carboxylic acid groups (broad SMARTS) is 1. The molecule has 0 aliphatic carbocycles. The van der Waals surface area contributed by atoms with Crippen LogP contribution in [0.2, 0.25) is 0 Å². The van der Waals surface area contributed by atoms with E-state index in [2.05, 4.69) is 25.7 Å². The number of nitrogens with one attached hydrogen (secondary N) is 1. The van der Waals surface area contributed by atoms with Crippen LogP contribution < -0.4 is 5.32 Å². The van der Waals surface area contributed by atoms with Crippen molar-refractivity contribution in [2.45, 2.75) is 32.4 Å². The molecule has 1 aliphatic heterocycles. The molecular formula is C13H19N7O3. The summed E-state index contributed by atoms with van der Waals surface area (Å²) in [4.78, 5) is 24.6. The van der Waals surface area contributed by atoms with E-state index in [1.54, 1.807) is 17.2 Å². The van der Waals surface area contributed by atoms with Crippen molar-refractivity contribution in [3.05, 3.63) is 24.5 Å². The molecule has 0 bridgehead atoms. The maximum atomic E-state index is 12.1. The number of rotatable bonds is 5. The van der Waals surface area contributed by atoms with Crippen molar-refractivity contribution < 1.29 is 14.7 Å². The van der Waals surface area contributed by atoms with Crippen molar-refractivity contribution in [1.29, 1.82) is 0 Å². The first-order valence-electron chi connectivity index (χ1n) is 7.31. The van der Waals surface area contributed by atoms with Crippen LogP contribution in [-0.2, 0) is 29.1 Å². The van der Waals surface area contributed by atoms with E-state index in [9.17, 15) is 4.79 Å². The normalized spacial score (nSPS) is 15.9. The second-order valence-electron chi connectivity index (χ2n) is 5.01. The second-order valence-corrected chi connectivity index (χ2v) is 5.01. The number of carbonyl (C=O) groups excluding carboxylic acids is 1. The smallest absolute Gasteiger partial charge is 0.290 e. The monoisotopic (exact) mass is 321 g/mol. The Morgan fingerprint density at radius 1 is 1.52 bits per heavy atom. The van der Waals surface area contributed by atoms with Crippen LogP contribution in [0.15, 0.2) is 18.7 Å². The van der Waals surface area contributed by atoms with E-state index in [4.69, 9.17) is 9.90 Å². The average Bonchev–Trinajstić information content (AvgIpc) is 3.22. The molecule has 2 aromatic heterocycles. The Morgan fingerprint density at radius 2 is 2.35 bits per heavy atom. The lowest BCUT2D eigenvalue weighted by Crippen LogP contribution is -2.37. The Balaban J connectivity index is 0.000000595. The third-order valence-corrected chi connectivity index (χ3v) is 3.51. The van der Waals surface area contributed by atoms with E-state index in [0.29, 0.717) is 13.1 Å². The summed E-state index contributed by atoms with van der Waals surface area (Å²) in [6.07, 6.45) is 7.51. The molecule has 1 atom stereocenters. The van der Waals surface area contributed by atoms with E-state index in [0.717, 1.165) is 31.6 Å². The molecule has 23 heavy (non-hydrogen) atoms. The fraction of sp³-hybridized carbons (Fsp3) is 0.538. The van der Waals surface area contributed by atoms with Crippen LogP contribution in [0.1, 0.15) is 18.7 Å². The fourth-order valence-electron chi connectivity index (χ4n) is 2.40. The minimum absolute atomic E-state index is 0.00410. The summed E-state index contributed by atoms with van der Waals surface area (Å²) in [5, 5.41) is 21.6. The first-order valence-corrected chi connectivity index (χ1v) is 7.31. The number of hydrogen-bond donors (Lipinski definition) is 2. The van der Waals surface area contributed by atoms with Gasteiger partial charge in [-0.2, -0.15) is 5.10 Å². The quantitative estimate of drug-likeness (QED) is 0.552. The van der Waals surface area contributed by atoms with Gasteiger partial charge in [-0.05, 0) is 12.8 Å². The fourth-order valence-corrected chi connectivity index (χ4v) is 2.40. The Hall–Kier alpha value is -2.78. The zero-order valence-electron chi connectivity index (χ0n) is 12.6. The third kappa shape index (κ3) is 4.87. The van der Waals surface area contributed by atoms with Gasteiger partial charge in [0.15, 0.2) is 0 Å². The topological polar surface area (TPSA) is 128 Å². The molecule has 0 saturated heterocycles. The number of hydrogen-bond acceptors (Lipinski definition) is 6. The van der Waals surface area contributed by atoms with Gasteiger partial charge in [-0.1, -0.05) is 5.21 Å². The van der Waals surface area contributed by atoms with Crippen molar-refractivity contribution in [2.75, 3.05) is 6.54 Å². The number of aryl methyl sites for hydroxylation is 2. The first kappa shape index (κ1) is 16.6. The Morgan fingerprint density at radius 3 is 3.09 bits per heavy atom. The molecule has 1 aliphatic rings. The number of fused-ring (bicyclic) bond motifs is 1. The summed E-state index contributed by atoms with van der Waals surface area (Å²) < 4.78 is 3.58. The summed E-state index contributed by atoms with van der Waals surface area (Å²) in [6, 6.07) is 0. The molecule has 3 heterocycles. The largest absolute Gasteiger partial charge is 0.483 e. The maximum Gasteiger partial charge on any atom is 0.290 e. The van der Waals surface area contributed by atoms with Gasteiger partial charge < -0.3 is 10.4 Å². The SMILES string of the molecule is O=C(NCCCn1ccnn1)C1CCc2ncnn2C1.O=CO. The molecule has 2 aromatic rings. The lowest BCUT2D eigenvalue weighted by Gasteiger charge is -2.21. The van der Waals surface area contributed by atoms with Gasteiger partial charge >= 0.3 is 0 Å². The van der Waals surface area contributed by atoms with Crippen LogP contribution in [0.4, 0.5) is 0 Å². The molecule has 0 aromatic carbocycles. The van der Waals surface area contributed by atoms with Crippen molar-refractivity contribution in [3.63, 3.8) is 0 Å². The number of nitrogens with zero attached hydrogens (tertiary/aromatic N) is 6. The maximum absolute atomic E-state index is 12.1. The van der Waals surface area contributed by atoms with Crippen LogP contribution in [0, 0.1) is 5.92 Å². The molecule has 10 heteroatoms. The van der Waals surface area contributed by atoms with Crippen LogP contribution in [0.3, 0.4) is 0 Å². The zero-order chi connectivity index (χ0) is 16.5. The summed E-state index contributed by atoms with van der Waals surface area (Å²) in [5.74, 6) is 1.07. The predicted octanol–water partition coefficient (Wildman–Crippen LogP) is -0.661. The highest BCUT2D eigenvalue weighted by atomic mass is 16.3. The summed E-state index contributed by atoms with van der Waals surface area (Å²) in [7, 11) is 0. The van der Waals surface area contributed by atoms with Gasteiger partial charge in [0.2, 0.25) is 5.91 Å². The third-order valence-electron chi connectivity index (χ3n) is 3.51. The molecule has 0 fully saturated rings. The van der Waals surface area contributed by atoms with E-state index in [1.807, 2.05) is 10.9 Å². The average molecular weight is 321 g/mol. The lowest BCUT2D eigenvalue weighted by molar-refractivity contribution is -0.126. The van der Waals surface area contributed by atoms with E-state index < -0.39 is 0 Å². The molecule has 0 radical (unpaired) electrons. The van der Waals surface area contributed by atoms with Crippen LogP contribution in [0.5, 0.6) is 0 Å². The van der Waals surface area contributed by atoms with E-state index in [-0.39, 0.29) is 18.3 Å². The molecule has 1 amide bonds. The van der Waals surface area contributed by atoms with Gasteiger partial charge in [-0.15, -0.1) is 5.10 Å². The Bertz CT molecular complexity index is 611. The Kier molecular flexibility index (Phi) is 6.21. The minimum Gasteiger partial charge on any atom is -0.483 e. The Labute approximate surface area is 132 Å². The predicted molar refractivity (Wildman–Crippen MR) is 78.2 cm³/mol. The van der Waals surface area contributed by atoms with Gasteiger partial charge in [-0.25, -0.2) is 9.67 Å². The van der Waals surface area contributed by atoms with Crippen LogP contribution >= 0.6 is 0 Å². The highest BCUT2D eigenvalue weighted by Crippen LogP contribution is 2.17. The van der Waals surface area contributed by atoms with Gasteiger partial charge in [0.25, 0.3) is 6.47 Å². The van der Waals surface area contributed by atoms with Crippen molar-refractivity contribution >= 4 is 12.4 Å². The molecule has 1 unspecified atom stereocenters. The number of amides is 1. The summed E-state index contributed by atoms with van der Waals surface area (Å²) in [5.41, 5.74) is 0. The molecule has 0 saturated carbocycles. The standard InChI is InChI=1S/C12H17N7O.CH2O2/c20-12(13-4-1-6-18-7-5-15-17-18)10-2-3-11-14-9-16-19(11)8-10;2-1-3/h5,7,9-10H,1-4,6,8H2,(H,13,20);1H,(H,2,3). The first-order chi connectivity index (χ1) is 11.2. The van der Waals surface area contributed by atoms with E-state index >= 15 is 0 Å². The molecule has 2 N–H and O–H groups in total. The van der Waals surface area contributed by atoms with E-state index in [1.165, 1.54) is 0 Å². The highest BCUT2D eigenvalue weighted by molar-refractivity contribution is 5.78. The molecule has 0 spiro atoms. The second kappa shape index (κ2) is 8.61. The summed E-state index contributed by atoms with van der Waals surface area (Å²) in [6.45, 7) is 1.79. The molecule has 3 rings (SSSR count). The van der Waals surface area contributed by atoms with Crippen molar-refractivity contribution in [2.24, 2.45) is 5.92 Å². The lowest BCUT2D eigenvalue weighted by atomic mass is 9.99. The van der Waals surface area contributed by atoms with Gasteiger partial charge in [0, 0.05) is 25.7 Å². The number of carbonyl (C=O) groups is 2. The van der Waals surface area contributed by atoms with Crippen LogP contribution in [-0.4, -0.2) is 53.8 Å². The minimum atomic E-state index is -0.250. The van der Waals surface area contributed by atoms with Crippen LogP contribution in [0.25, 0.3) is 0 Å². The molecule has 10 nitrogen and oxygen atoms in total. The molecular weight excluding hydrogens is 302 g/mol. The zero-order valence-corrected chi connectivity index (χ0v) is 12.6.